The summed E-state index contributed by atoms with van der Waals surface area (Å²) < 4.78 is 20.4. The van der Waals surface area contributed by atoms with E-state index in [9.17, 15) is 9.59 Å². The molecule has 0 aromatic carbocycles. The minimum atomic E-state index is -1.97. The van der Waals surface area contributed by atoms with Gasteiger partial charge in [0, 0.05) is 19.6 Å². The molecule has 2 fully saturated rings. The molecule has 7 heteroatoms. The third-order valence-electron chi connectivity index (χ3n) is 4.14. The van der Waals surface area contributed by atoms with Gasteiger partial charge in [0.15, 0.2) is 0 Å². The normalized spacial score (nSPS) is 26.0. The van der Waals surface area contributed by atoms with Crippen LogP contribution in [0.15, 0.2) is 17.5 Å². The monoisotopic (exact) mass is 326 g/mol. The van der Waals surface area contributed by atoms with Gasteiger partial charge in [-0.25, -0.2) is 4.39 Å². The molecule has 2 amide bonds. The van der Waals surface area contributed by atoms with Crippen LogP contribution >= 0.6 is 11.3 Å². The lowest BCUT2D eigenvalue weighted by atomic mass is 9.92. The van der Waals surface area contributed by atoms with Gasteiger partial charge in [-0.3, -0.25) is 9.59 Å². The molecule has 0 bridgehead atoms. The minimum Gasteiger partial charge on any atom is -0.378 e. The Balaban J connectivity index is 1.70. The Morgan fingerprint density at radius 3 is 2.68 bits per heavy atom. The zero-order valence-corrected chi connectivity index (χ0v) is 13.1. The molecule has 2 aliphatic rings. The molecule has 0 aliphatic carbocycles. The molecule has 1 atom stereocenters. The predicted octanol–water partition coefficient (Wildman–Crippen LogP) is 1.55. The third kappa shape index (κ3) is 3.01. The highest BCUT2D eigenvalue weighted by molar-refractivity contribution is 7.12. The van der Waals surface area contributed by atoms with E-state index in [-0.39, 0.29) is 18.9 Å². The Morgan fingerprint density at radius 1 is 1.23 bits per heavy atom. The molecule has 0 spiro atoms. The number of amides is 2. The first kappa shape index (κ1) is 15.4. The summed E-state index contributed by atoms with van der Waals surface area (Å²) in [6.07, 6.45) is 0.682. The van der Waals surface area contributed by atoms with Crippen molar-refractivity contribution >= 4 is 23.2 Å². The molecule has 1 unspecified atom stereocenters. The first-order chi connectivity index (χ1) is 10.6. The first-order valence-electron chi connectivity index (χ1n) is 7.49. The number of morpholine rings is 1. The number of nitrogens with zero attached hydrogens (tertiary/aromatic N) is 2. The topological polar surface area (TPSA) is 49.9 Å². The molecule has 1 aromatic heterocycles. The summed E-state index contributed by atoms with van der Waals surface area (Å²) >= 11 is 1.34. The summed E-state index contributed by atoms with van der Waals surface area (Å²) in [5.74, 6) is -0.689. The molecule has 2 aliphatic heterocycles. The van der Waals surface area contributed by atoms with Gasteiger partial charge in [-0.1, -0.05) is 6.07 Å². The Morgan fingerprint density at radius 2 is 2.00 bits per heavy atom. The summed E-state index contributed by atoms with van der Waals surface area (Å²) in [6, 6.07) is 3.52. The average molecular weight is 326 g/mol. The lowest BCUT2D eigenvalue weighted by Gasteiger charge is -2.39. The van der Waals surface area contributed by atoms with Crippen LogP contribution in [0, 0.1) is 0 Å². The van der Waals surface area contributed by atoms with Gasteiger partial charge in [0.05, 0.1) is 24.6 Å². The number of carbonyl (C=O) groups excluding carboxylic acids is 2. The Hall–Kier alpha value is -1.47. The molecular weight excluding hydrogens is 307 g/mol. The second kappa shape index (κ2) is 6.34. The number of ether oxygens (including phenoxy) is 1. The SMILES string of the molecule is O=C(c1cccs1)N1CCCC(F)(C(=O)N2CCOCC2)C1. The first-order valence-corrected chi connectivity index (χ1v) is 8.37. The van der Waals surface area contributed by atoms with E-state index in [1.807, 2.05) is 5.38 Å². The molecule has 0 radical (unpaired) electrons. The van der Waals surface area contributed by atoms with Crippen molar-refractivity contribution in [3.05, 3.63) is 22.4 Å². The van der Waals surface area contributed by atoms with Gasteiger partial charge >= 0.3 is 0 Å². The van der Waals surface area contributed by atoms with Crippen LogP contribution < -0.4 is 0 Å². The number of alkyl halides is 1. The lowest BCUT2D eigenvalue weighted by Crippen LogP contribution is -2.58. The van der Waals surface area contributed by atoms with Crippen LogP contribution in [-0.2, 0) is 9.53 Å². The number of halogens is 1. The average Bonchev–Trinajstić information content (AvgIpc) is 3.09. The van der Waals surface area contributed by atoms with E-state index in [0.29, 0.717) is 44.1 Å². The van der Waals surface area contributed by atoms with Gasteiger partial charge in [-0.2, -0.15) is 0 Å². The Bertz CT molecular complexity index is 545. The van der Waals surface area contributed by atoms with E-state index in [1.165, 1.54) is 21.1 Å². The molecule has 2 saturated heterocycles. The largest absolute Gasteiger partial charge is 0.378 e. The van der Waals surface area contributed by atoms with Crippen LogP contribution in [0.4, 0.5) is 4.39 Å². The molecule has 3 heterocycles. The van der Waals surface area contributed by atoms with Crippen molar-refractivity contribution in [3.8, 4) is 0 Å². The summed E-state index contributed by atoms with van der Waals surface area (Å²) in [5.41, 5.74) is -1.97. The fourth-order valence-electron chi connectivity index (χ4n) is 2.96. The summed E-state index contributed by atoms with van der Waals surface area (Å²) in [4.78, 5) is 28.4. The maximum atomic E-state index is 15.2. The second-order valence-electron chi connectivity index (χ2n) is 5.68. The molecule has 3 rings (SSSR count). The Labute approximate surface area is 132 Å². The van der Waals surface area contributed by atoms with Gasteiger partial charge in [0.25, 0.3) is 11.8 Å². The molecule has 5 nitrogen and oxygen atoms in total. The smallest absolute Gasteiger partial charge is 0.264 e. The second-order valence-corrected chi connectivity index (χ2v) is 6.63. The minimum absolute atomic E-state index is 0.153. The molecule has 1 aromatic rings. The van der Waals surface area contributed by atoms with Crippen molar-refractivity contribution < 1.29 is 18.7 Å². The number of likely N-dealkylation sites (tertiary alicyclic amines) is 1. The Kier molecular flexibility index (Phi) is 4.44. The molecule has 0 saturated carbocycles. The number of piperidine rings is 1. The van der Waals surface area contributed by atoms with Crippen molar-refractivity contribution in [2.24, 2.45) is 0 Å². The maximum Gasteiger partial charge on any atom is 0.264 e. The highest BCUT2D eigenvalue weighted by Crippen LogP contribution is 2.29. The fourth-order valence-corrected chi connectivity index (χ4v) is 3.66. The van der Waals surface area contributed by atoms with E-state index in [0.717, 1.165) is 0 Å². The molecule has 22 heavy (non-hydrogen) atoms. The van der Waals surface area contributed by atoms with Crippen LogP contribution in [-0.4, -0.2) is 66.7 Å². The number of rotatable bonds is 2. The maximum absolute atomic E-state index is 15.2. The van der Waals surface area contributed by atoms with Crippen molar-refractivity contribution in [3.63, 3.8) is 0 Å². The quantitative estimate of drug-likeness (QED) is 0.828. The number of carbonyl (C=O) groups is 2. The summed E-state index contributed by atoms with van der Waals surface area (Å²) in [7, 11) is 0. The van der Waals surface area contributed by atoms with Crippen molar-refractivity contribution in [1.82, 2.24) is 9.80 Å². The van der Waals surface area contributed by atoms with Crippen molar-refractivity contribution in [1.29, 1.82) is 0 Å². The van der Waals surface area contributed by atoms with Gasteiger partial charge in [-0.15, -0.1) is 11.3 Å². The predicted molar refractivity (Wildman–Crippen MR) is 80.7 cm³/mol. The summed E-state index contributed by atoms with van der Waals surface area (Å²) in [5, 5.41) is 1.82. The van der Waals surface area contributed by atoms with Gasteiger partial charge < -0.3 is 14.5 Å². The van der Waals surface area contributed by atoms with Crippen molar-refractivity contribution in [2.45, 2.75) is 18.5 Å². The molecular formula is C15H19FN2O3S. The van der Waals surface area contributed by atoms with Crippen molar-refractivity contribution in [2.75, 3.05) is 39.4 Å². The van der Waals surface area contributed by atoms with E-state index < -0.39 is 11.6 Å². The standard InChI is InChI=1S/C15H19FN2O3S/c16-15(14(20)17-6-8-21-9-7-17)4-2-5-18(11-15)13(19)12-3-1-10-22-12/h1,3,10H,2,4-9,11H2. The number of hydrogen-bond acceptors (Lipinski definition) is 4. The third-order valence-corrected chi connectivity index (χ3v) is 5.00. The zero-order valence-electron chi connectivity index (χ0n) is 12.3. The van der Waals surface area contributed by atoms with E-state index >= 15 is 4.39 Å². The van der Waals surface area contributed by atoms with Gasteiger partial charge in [0.2, 0.25) is 5.67 Å². The van der Waals surface area contributed by atoms with Crippen LogP contribution in [0.5, 0.6) is 0 Å². The van der Waals surface area contributed by atoms with Crippen LogP contribution in [0.3, 0.4) is 0 Å². The lowest BCUT2D eigenvalue weighted by molar-refractivity contribution is -0.151. The zero-order chi connectivity index (χ0) is 15.6. The van der Waals surface area contributed by atoms with Gasteiger partial charge in [0.1, 0.15) is 0 Å². The highest BCUT2D eigenvalue weighted by atomic mass is 32.1. The molecule has 120 valence electrons. The molecule has 0 N–H and O–H groups in total. The van der Waals surface area contributed by atoms with Crippen LogP contribution in [0.1, 0.15) is 22.5 Å². The number of thiophene rings is 1. The highest BCUT2D eigenvalue weighted by Gasteiger charge is 2.46. The van der Waals surface area contributed by atoms with E-state index in [4.69, 9.17) is 4.74 Å². The van der Waals surface area contributed by atoms with E-state index in [2.05, 4.69) is 0 Å². The number of hydrogen-bond donors (Lipinski definition) is 0. The fraction of sp³-hybridized carbons (Fsp3) is 0.600. The van der Waals surface area contributed by atoms with Gasteiger partial charge in [-0.05, 0) is 24.3 Å². The van der Waals surface area contributed by atoms with E-state index in [1.54, 1.807) is 12.1 Å². The van der Waals surface area contributed by atoms with Crippen LogP contribution in [0.25, 0.3) is 0 Å². The van der Waals surface area contributed by atoms with Crippen LogP contribution in [0.2, 0.25) is 0 Å². The summed E-state index contributed by atoms with van der Waals surface area (Å²) in [6.45, 7) is 2.07.